The van der Waals surface area contributed by atoms with E-state index < -0.39 is 11.2 Å². The predicted octanol–water partition coefficient (Wildman–Crippen LogP) is 6.35. The summed E-state index contributed by atoms with van der Waals surface area (Å²) in [6.07, 6.45) is 2.23. The van der Waals surface area contributed by atoms with E-state index in [1.807, 2.05) is 30.3 Å². The molecule has 0 fully saturated rings. The van der Waals surface area contributed by atoms with Gasteiger partial charge in [-0.1, -0.05) is 50.6 Å². The van der Waals surface area contributed by atoms with E-state index in [0.29, 0.717) is 23.5 Å². The average Bonchev–Trinajstić information content (AvgIpc) is 2.83. The first-order chi connectivity index (χ1) is 16.8. The zero-order chi connectivity index (χ0) is 25.1. The minimum absolute atomic E-state index is 0.0280. The molecule has 0 saturated carbocycles. The first-order valence-corrected chi connectivity index (χ1v) is 11.7. The van der Waals surface area contributed by atoms with Crippen molar-refractivity contribution in [1.29, 1.82) is 0 Å². The maximum Gasteiger partial charge on any atom is 0.204 e. The Morgan fingerprint density at radius 2 is 1.60 bits per heavy atom. The molecule has 3 N–H and O–H groups in total. The Kier molecular flexibility index (Phi) is 7.01. The summed E-state index contributed by atoms with van der Waals surface area (Å²) >= 11 is 0. The lowest BCUT2D eigenvalue weighted by atomic mass is 9.84. The second-order valence-corrected chi connectivity index (χ2v) is 9.23. The molecule has 6 heteroatoms. The summed E-state index contributed by atoms with van der Waals surface area (Å²) in [6, 6.07) is 17.5. The van der Waals surface area contributed by atoms with E-state index >= 15 is 0 Å². The van der Waals surface area contributed by atoms with E-state index in [0.717, 1.165) is 18.4 Å². The fraction of sp³-hybridized carbons (Fsp3) is 0.276. The molecule has 1 aromatic heterocycles. The van der Waals surface area contributed by atoms with E-state index in [-0.39, 0.29) is 39.9 Å². The number of rotatable bonds is 8. The summed E-state index contributed by atoms with van der Waals surface area (Å²) in [6.45, 7) is 4.27. The van der Waals surface area contributed by atoms with Crippen molar-refractivity contribution in [2.24, 2.45) is 5.92 Å². The quantitative estimate of drug-likeness (QED) is 0.275. The standard InChI is InChI=1S/C29H30O6/c1-17(2)9-10-20(15-18-7-5-4-6-8-18)24-26(32)29(34-3)27(33)25-22(31)16-23(35-28(24)25)19-11-13-21(30)14-12-19/h4-8,11-14,16-17,20,30,32-33H,9-10,15H2,1-3H3. The number of hydrogen-bond donors (Lipinski definition) is 3. The van der Waals surface area contributed by atoms with Crippen LogP contribution < -0.4 is 10.2 Å². The lowest BCUT2D eigenvalue weighted by molar-refractivity contribution is 0.341. The van der Waals surface area contributed by atoms with E-state index in [1.54, 1.807) is 12.1 Å². The molecular weight excluding hydrogens is 444 g/mol. The number of aromatic hydroxyl groups is 3. The molecule has 0 amide bonds. The maximum absolute atomic E-state index is 13.2. The van der Waals surface area contributed by atoms with E-state index in [1.165, 1.54) is 25.3 Å². The van der Waals surface area contributed by atoms with Crippen LogP contribution in [-0.4, -0.2) is 22.4 Å². The molecule has 0 radical (unpaired) electrons. The Balaban J connectivity index is 1.99. The fourth-order valence-electron chi connectivity index (χ4n) is 4.48. The number of benzene rings is 3. The third-order valence-electron chi connectivity index (χ3n) is 6.30. The summed E-state index contributed by atoms with van der Waals surface area (Å²) in [7, 11) is 1.34. The highest BCUT2D eigenvalue weighted by molar-refractivity contribution is 5.93. The molecule has 1 unspecified atom stereocenters. The normalized spacial score (nSPS) is 12.2. The second-order valence-electron chi connectivity index (χ2n) is 9.23. The van der Waals surface area contributed by atoms with Gasteiger partial charge in [0.2, 0.25) is 5.75 Å². The van der Waals surface area contributed by atoms with Crippen LogP contribution >= 0.6 is 0 Å². The topological polar surface area (TPSA) is 100 Å². The molecule has 0 aliphatic rings. The minimum Gasteiger partial charge on any atom is -0.508 e. The Bertz CT molecular complexity index is 1370. The lowest BCUT2D eigenvalue weighted by Gasteiger charge is -2.23. The molecule has 35 heavy (non-hydrogen) atoms. The summed E-state index contributed by atoms with van der Waals surface area (Å²) < 4.78 is 11.6. The predicted molar refractivity (Wildman–Crippen MR) is 136 cm³/mol. The number of methoxy groups -OCH3 is 1. The highest BCUT2D eigenvalue weighted by Gasteiger charge is 2.29. The number of hydrogen-bond acceptors (Lipinski definition) is 6. The van der Waals surface area contributed by atoms with Crippen molar-refractivity contribution in [3.8, 4) is 34.3 Å². The van der Waals surface area contributed by atoms with E-state index in [2.05, 4.69) is 13.8 Å². The average molecular weight is 475 g/mol. The molecule has 3 aromatic carbocycles. The van der Waals surface area contributed by atoms with Crippen LogP contribution in [0.3, 0.4) is 0 Å². The van der Waals surface area contributed by atoms with E-state index in [9.17, 15) is 20.1 Å². The van der Waals surface area contributed by atoms with Gasteiger partial charge < -0.3 is 24.5 Å². The van der Waals surface area contributed by atoms with Gasteiger partial charge in [0, 0.05) is 17.2 Å². The number of fused-ring (bicyclic) bond motifs is 1. The second kappa shape index (κ2) is 10.1. The van der Waals surface area contributed by atoms with Gasteiger partial charge in [0.25, 0.3) is 0 Å². The lowest BCUT2D eigenvalue weighted by Crippen LogP contribution is -2.10. The Morgan fingerprint density at radius 3 is 2.23 bits per heavy atom. The molecule has 1 atom stereocenters. The van der Waals surface area contributed by atoms with Crippen LogP contribution in [0.1, 0.15) is 43.7 Å². The first kappa shape index (κ1) is 24.2. The highest BCUT2D eigenvalue weighted by Crippen LogP contribution is 2.49. The molecule has 4 rings (SSSR count). The van der Waals surface area contributed by atoms with Gasteiger partial charge in [0.1, 0.15) is 22.5 Å². The molecule has 6 nitrogen and oxygen atoms in total. The Labute approximate surface area is 204 Å². The van der Waals surface area contributed by atoms with Crippen molar-refractivity contribution in [2.45, 2.75) is 39.0 Å². The molecule has 4 aromatic rings. The number of phenols is 3. The van der Waals surface area contributed by atoms with Gasteiger partial charge in [-0.05, 0) is 54.5 Å². The van der Waals surface area contributed by atoms with Gasteiger partial charge in [-0.3, -0.25) is 4.79 Å². The molecular formula is C29H30O6. The molecule has 182 valence electrons. The smallest absolute Gasteiger partial charge is 0.204 e. The van der Waals surface area contributed by atoms with Crippen LogP contribution in [0, 0.1) is 5.92 Å². The van der Waals surface area contributed by atoms with Crippen molar-refractivity contribution < 1.29 is 24.5 Å². The fourth-order valence-corrected chi connectivity index (χ4v) is 4.48. The van der Waals surface area contributed by atoms with Crippen LogP contribution in [0.2, 0.25) is 0 Å². The summed E-state index contributed by atoms with van der Waals surface area (Å²) in [5.74, 6) is -0.218. The van der Waals surface area contributed by atoms with Gasteiger partial charge in [0.05, 0.1) is 7.11 Å². The molecule has 0 saturated heterocycles. The first-order valence-electron chi connectivity index (χ1n) is 11.7. The highest BCUT2D eigenvalue weighted by atomic mass is 16.5. The monoisotopic (exact) mass is 474 g/mol. The SMILES string of the molecule is COc1c(O)c(C(CCC(C)C)Cc2ccccc2)c2oc(-c3ccc(O)cc3)cc(=O)c2c1O. The van der Waals surface area contributed by atoms with Gasteiger partial charge in [-0.15, -0.1) is 0 Å². The molecule has 1 heterocycles. The van der Waals surface area contributed by atoms with Gasteiger partial charge in [0.15, 0.2) is 16.9 Å². The van der Waals surface area contributed by atoms with Crippen LogP contribution in [0.5, 0.6) is 23.0 Å². The van der Waals surface area contributed by atoms with Crippen molar-refractivity contribution in [3.05, 3.63) is 82.0 Å². The largest absolute Gasteiger partial charge is 0.508 e. The summed E-state index contributed by atoms with van der Waals surface area (Å²) in [5, 5.41) is 31.8. The number of phenolic OH excluding ortho intramolecular Hbond substituents is 3. The minimum atomic E-state index is -0.450. The Morgan fingerprint density at radius 1 is 0.914 bits per heavy atom. The summed E-state index contributed by atoms with van der Waals surface area (Å²) in [4.78, 5) is 13.2. The number of ether oxygens (including phenoxy) is 1. The maximum atomic E-state index is 13.2. The van der Waals surface area contributed by atoms with Crippen molar-refractivity contribution in [2.75, 3.05) is 7.11 Å². The zero-order valence-electron chi connectivity index (χ0n) is 20.1. The molecule has 0 bridgehead atoms. The van der Waals surface area contributed by atoms with Crippen molar-refractivity contribution >= 4 is 11.0 Å². The van der Waals surface area contributed by atoms with Crippen molar-refractivity contribution in [3.63, 3.8) is 0 Å². The van der Waals surface area contributed by atoms with Gasteiger partial charge in [-0.25, -0.2) is 0 Å². The van der Waals surface area contributed by atoms with Crippen LogP contribution in [0.25, 0.3) is 22.3 Å². The van der Waals surface area contributed by atoms with Crippen LogP contribution in [0.15, 0.2) is 69.9 Å². The Hall–Kier alpha value is -3.93. The third-order valence-corrected chi connectivity index (χ3v) is 6.30. The third kappa shape index (κ3) is 4.97. The van der Waals surface area contributed by atoms with E-state index in [4.69, 9.17) is 9.15 Å². The van der Waals surface area contributed by atoms with Crippen LogP contribution in [-0.2, 0) is 6.42 Å². The molecule has 0 aliphatic carbocycles. The van der Waals surface area contributed by atoms with Crippen LogP contribution in [0.4, 0.5) is 0 Å². The zero-order valence-corrected chi connectivity index (χ0v) is 20.1. The summed E-state index contributed by atoms with van der Waals surface area (Å²) in [5.41, 5.74) is 1.80. The molecule has 0 spiro atoms. The molecule has 0 aliphatic heterocycles. The van der Waals surface area contributed by atoms with Gasteiger partial charge >= 0.3 is 0 Å². The van der Waals surface area contributed by atoms with Gasteiger partial charge in [-0.2, -0.15) is 0 Å². The van der Waals surface area contributed by atoms with Crippen molar-refractivity contribution in [1.82, 2.24) is 0 Å².